The normalized spacial score (nSPS) is 20.6. The first-order valence-corrected chi connectivity index (χ1v) is 6.91. The van der Waals surface area contributed by atoms with Crippen molar-refractivity contribution in [2.24, 2.45) is 0 Å². The number of carbonyl (C=O) groups is 2. The molecule has 1 unspecified atom stereocenters. The average Bonchev–Trinajstić information content (AvgIpc) is 2.75. The fourth-order valence-corrected chi connectivity index (χ4v) is 2.91. The second-order valence-electron chi connectivity index (χ2n) is 4.32. The summed E-state index contributed by atoms with van der Waals surface area (Å²) in [7, 11) is 3.45. The third kappa shape index (κ3) is 3.25. The van der Waals surface area contributed by atoms with Crippen molar-refractivity contribution in [2.45, 2.75) is 26.3 Å². The topological polar surface area (TPSA) is 40.6 Å². The molecule has 0 N–H and O–H groups in total. The molecule has 4 nitrogen and oxygen atoms in total. The lowest BCUT2D eigenvalue weighted by Crippen LogP contribution is -2.47. The first kappa shape index (κ1) is 14.1. The van der Waals surface area contributed by atoms with Crippen LogP contribution in [0.1, 0.15) is 20.3 Å². The summed E-state index contributed by atoms with van der Waals surface area (Å²) in [6, 6.07) is -0.303. The quantitative estimate of drug-likeness (QED) is 0.715. The third-order valence-corrected chi connectivity index (χ3v) is 3.73. The summed E-state index contributed by atoms with van der Waals surface area (Å²) in [5.74, 6) is 1.30. The Balaban J connectivity index is 2.79. The Bertz CT molecular complexity index is 339. The number of allylic oxidation sites excluding steroid dienone is 1. The van der Waals surface area contributed by atoms with Gasteiger partial charge in [-0.15, -0.1) is 11.8 Å². The Kier molecular flexibility index (Phi) is 5.05. The van der Waals surface area contributed by atoms with Gasteiger partial charge in [-0.2, -0.15) is 0 Å². The van der Waals surface area contributed by atoms with E-state index in [0.717, 1.165) is 12.0 Å². The number of thioether (sulfide) groups is 1. The average molecular weight is 256 g/mol. The van der Waals surface area contributed by atoms with Gasteiger partial charge in [0, 0.05) is 25.4 Å². The van der Waals surface area contributed by atoms with Crippen LogP contribution in [0.25, 0.3) is 0 Å². The van der Waals surface area contributed by atoms with Crippen LogP contribution in [0, 0.1) is 0 Å². The van der Waals surface area contributed by atoms with Crippen molar-refractivity contribution in [1.29, 1.82) is 0 Å². The molecule has 1 rings (SSSR count). The van der Waals surface area contributed by atoms with Gasteiger partial charge in [-0.25, -0.2) is 0 Å². The zero-order chi connectivity index (χ0) is 13.0. The zero-order valence-electron chi connectivity index (χ0n) is 10.9. The van der Waals surface area contributed by atoms with Crippen molar-refractivity contribution in [3.63, 3.8) is 0 Å². The molecule has 0 radical (unpaired) electrons. The van der Waals surface area contributed by atoms with Crippen molar-refractivity contribution in [1.82, 2.24) is 9.80 Å². The molecule has 5 heteroatoms. The Hall–Kier alpha value is -0.970. The molecular formula is C12H20N2O2S. The van der Waals surface area contributed by atoms with E-state index in [9.17, 15) is 9.59 Å². The maximum atomic E-state index is 12.1. The second-order valence-corrected chi connectivity index (χ2v) is 5.32. The highest BCUT2D eigenvalue weighted by atomic mass is 32.2. The lowest BCUT2D eigenvalue weighted by Gasteiger charge is -2.25. The van der Waals surface area contributed by atoms with Crippen LogP contribution in [0.3, 0.4) is 0 Å². The molecule has 1 aliphatic heterocycles. The van der Waals surface area contributed by atoms with Gasteiger partial charge in [0.1, 0.15) is 6.04 Å². The lowest BCUT2D eigenvalue weighted by atomic mass is 10.2. The predicted octanol–water partition coefficient (Wildman–Crippen LogP) is 1.33. The Morgan fingerprint density at radius 2 is 2.12 bits per heavy atom. The summed E-state index contributed by atoms with van der Waals surface area (Å²) in [6.45, 7) is 3.81. The molecule has 1 aliphatic rings. The molecule has 0 spiro atoms. The molecule has 0 aromatic heterocycles. The summed E-state index contributed by atoms with van der Waals surface area (Å²) in [5, 5.41) is 0. The van der Waals surface area contributed by atoms with E-state index in [1.807, 2.05) is 19.9 Å². The van der Waals surface area contributed by atoms with Crippen LogP contribution in [-0.4, -0.2) is 53.4 Å². The molecule has 0 aromatic carbocycles. The number of nitrogens with zero attached hydrogens (tertiary/aromatic N) is 2. The first-order valence-electron chi connectivity index (χ1n) is 5.75. The lowest BCUT2D eigenvalue weighted by molar-refractivity contribution is -0.139. The van der Waals surface area contributed by atoms with Gasteiger partial charge in [0.25, 0.3) is 5.91 Å². The van der Waals surface area contributed by atoms with E-state index in [4.69, 9.17) is 0 Å². The van der Waals surface area contributed by atoms with E-state index in [1.165, 1.54) is 0 Å². The molecule has 0 aromatic rings. The number of hydrogen-bond donors (Lipinski definition) is 0. The van der Waals surface area contributed by atoms with Crippen LogP contribution in [0.2, 0.25) is 0 Å². The molecule has 1 fully saturated rings. The van der Waals surface area contributed by atoms with Crippen molar-refractivity contribution in [3.05, 3.63) is 11.6 Å². The van der Waals surface area contributed by atoms with Crippen LogP contribution in [-0.2, 0) is 9.59 Å². The SMILES string of the molecule is CC/C=C(\C)C(=O)N1CSCC1C(=O)N(C)C. The van der Waals surface area contributed by atoms with E-state index < -0.39 is 0 Å². The van der Waals surface area contributed by atoms with E-state index in [0.29, 0.717) is 11.6 Å². The molecule has 0 saturated carbocycles. The molecule has 1 heterocycles. The molecule has 17 heavy (non-hydrogen) atoms. The smallest absolute Gasteiger partial charge is 0.250 e. The Morgan fingerprint density at radius 1 is 1.47 bits per heavy atom. The number of carbonyl (C=O) groups excluding carboxylic acids is 2. The maximum Gasteiger partial charge on any atom is 0.250 e. The fraction of sp³-hybridized carbons (Fsp3) is 0.667. The summed E-state index contributed by atoms with van der Waals surface area (Å²) < 4.78 is 0. The van der Waals surface area contributed by atoms with Crippen molar-refractivity contribution < 1.29 is 9.59 Å². The maximum absolute atomic E-state index is 12.1. The van der Waals surface area contributed by atoms with Crippen LogP contribution in [0.5, 0.6) is 0 Å². The van der Waals surface area contributed by atoms with Gasteiger partial charge in [0.2, 0.25) is 5.91 Å². The first-order chi connectivity index (χ1) is 7.99. The highest BCUT2D eigenvalue weighted by Crippen LogP contribution is 2.23. The minimum Gasteiger partial charge on any atom is -0.347 e. The van der Waals surface area contributed by atoms with E-state index in [1.54, 1.807) is 35.7 Å². The third-order valence-electron chi connectivity index (χ3n) is 2.72. The van der Waals surface area contributed by atoms with Gasteiger partial charge in [-0.05, 0) is 13.3 Å². The summed E-state index contributed by atoms with van der Waals surface area (Å²) in [5.41, 5.74) is 0.728. The molecule has 96 valence electrons. The molecule has 1 saturated heterocycles. The summed E-state index contributed by atoms with van der Waals surface area (Å²) in [6.07, 6.45) is 2.74. The standard InChI is InChI=1S/C12H20N2O2S/c1-5-6-9(2)11(15)14-8-17-7-10(14)12(16)13(3)4/h6,10H,5,7-8H2,1-4H3/b9-6+. The molecule has 0 bridgehead atoms. The number of hydrogen-bond acceptors (Lipinski definition) is 3. The van der Waals surface area contributed by atoms with Gasteiger partial charge < -0.3 is 9.80 Å². The summed E-state index contributed by atoms with van der Waals surface area (Å²) >= 11 is 1.63. The van der Waals surface area contributed by atoms with Gasteiger partial charge in [-0.3, -0.25) is 9.59 Å². The number of rotatable bonds is 3. The highest BCUT2D eigenvalue weighted by Gasteiger charge is 2.35. The van der Waals surface area contributed by atoms with Crippen molar-refractivity contribution >= 4 is 23.6 Å². The summed E-state index contributed by atoms with van der Waals surface area (Å²) in [4.78, 5) is 27.3. The van der Waals surface area contributed by atoms with E-state index in [2.05, 4.69) is 0 Å². The van der Waals surface area contributed by atoms with Crippen LogP contribution in [0.15, 0.2) is 11.6 Å². The second kappa shape index (κ2) is 6.10. The molecule has 2 amide bonds. The monoisotopic (exact) mass is 256 g/mol. The molecule has 0 aliphatic carbocycles. The predicted molar refractivity (Wildman–Crippen MR) is 70.7 cm³/mol. The molecule has 1 atom stereocenters. The fourth-order valence-electron chi connectivity index (χ4n) is 1.77. The van der Waals surface area contributed by atoms with E-state index in [-0.39, 0.29) is 17.9 Å². The van der Waals surface area contributed by atoms with Crippen LogP contribution < -0.4 is 0 Å². The van der Waals surface area contributed by atoms with E-state index >= 15 is 0 Å². The number of likely N-dealkylation sites (N-methyl/N-ethyl adjacent to an activating group) is 1. The van der Waals surface area contributed by atoms with Crippen LogP contribution >= 0.6 is 11.8 Å². The van der Waals surface area contributed by atoms with Crippen LogP contribution in [0.4, 0.5) is 0 Å². The van der Waals surface area contributed by atoms with Crippen molar-refractivity contribution in [3.8, 4) is 0 Å². The highest BCUT2D eigenvalue weighted by molar-refractivity contribution is 7.99. The largest absolute Gasteiger partial charge is 0.347 e. The van der Waals surface area contributed by atoms with Gasteiger partial charge in [0.15, 0.2) is 0 Å². The Labute approximate surface area is 107 Å². The number of amides is 2. The molecular weight excluding hydrogens is 236 g/mol. The Morgan fingerprint density at radius 3 is 2.65 bits per heavy atom. The van der Waals surface area contributed by atoms with Crippen molar-refractivity contribution in [2.75, 3.05) is 25.7 Å². The minimum absolute atomic E-state index is 0.00708. The van der Waals surface area contributed by atoms with Gasteiger partial charge in [-0.1, -0.05) is 13.0 Å². The van der Waals surface area contributed by atoms with Gasteiger partial charge in [0.05, 0.1) is 5.88 Å². The zero-order valence-corrected chi connectivity index (χ0v) is 11.7. The van der Waals surface area contributed by atoms with Gasteiger partial charge >= 0.3 is 0 Å². The minimum atomic E-state index is -0.303.